The fourth-order valence-electron chi connectivity index (χ4n) is 4.30. The summed E-state index contributed by atoms with van der Waals surface area (Å²) in [4.78, 5) is 36.1. The van der Waals surface area contributed by atoms with E-state index in [4.69, 9.17) is 4.74 Å². The van der Waals surface area contributed by atoms with Gasteiger partial charge in [0.25, 0.3) is 0 Å². The molecule has 0 aliphatic heterocycles. The predicted molar refractivity (Wildman–Crippen MR) is 131 cm³/mol. The van der Waals surface area contributed by atoms with Crippen LogP contribution in [0.3, 0.4) is 0 Å². The van der Waals surface area contributed by atoms with Gasteiger partial charge in [-0.15, -0.1) is 0 Å². The Balaban J connectivity index is 1.52. The maximum Gasteiger partial charge on any atom is 0.407 e. The number of carboxylic acid groups (broad SMARTS) is 1. The molecule has 0 spiro atoms. The molecule has 0 aromatic heterocycles. The average molecular weight is 467 g/mol. The van der Waals surface area contributed by atoms with Gasteiger partial charge < -0.3 is 20.5 Å². The molecule has 7 heteroatoms. The van der Waals surface area contributed by atoms with Crippen molar-refractivity contribution in [2.45, 2.75) is 58.4 Å². The summed E-state index contributed by atoms with van der Waals surface area (Å²) >= 11 is 0. The van der Waals surface area contributed by atoms with Crippen molar-refractivity contribution in [3.63, 3.8) is 0 Å². The van der Waals surface area contributed by atoms with Crippen LogP contribution in [0.2, 0.25) is 0 Å². The minimum atomic E-state index is -0.907. The van der Waals surface area contributed by atoms with E-state index in [9.17, 15) is 19.5 Å². The lowest BCUT2D eigenvalue weighted by atomic mass is 9.90. The highest BCUT2D eigenvalue weighted by molar-refractivity contribution is 5.80. The van der Waals surface area contributed by atoms with E-state index >= 15 is 0 Å². The SMILES string of the molecule is CCCC(CC(=O)NCCC(C)(C)C(=O)O)NC(=O)OCC1c2ccccc2-c2ccccc21. The lowest BCUT2D eigenvalue weighted by Gasteiger charge is -2.21. The number of rotatable bonds is 11. The van der Waals surface area contributed by atoms with Gasteiger partial charge in [0.2, 0.25) is 5.91 Å². The van der Waals surface area contributed by atoms with Crippen LogP contribution in [0.25, 0.3) is 11.1 Å². The van der Waals surface area contributed by atoms with E-state index in [2.05, 4.69) is 34.9 Å². The van der Waals surface area contributed by atoms with Crippen molar-refractivity contribution in [3.05, 3.63) is 59.7 Å². The molecule has 34 heavy (non-hydrogen) atoms. The van der Waals surface area contributed by atoms with E-state index in [1.165, 1.54) is 11.1 Å². The number of benzene rings is 2. The molecule has 0 bridgehead atoms. The summed E-state index contributed by atoms with van der Waals surface area (Å²) in [6.07, 6.45) is 1.34. The van der Waals surface area contributed by atoms with Crippen LogP contribution < -0.4 is 10.6 Å². The van der Waals surface area contributed by atoms with Gasteiger partial charge in [0.15, 0.2) is 0 Å². The molecule has 1 aliphatic carbocycles. The largest absolute Gasteiger partial charge is 0.481 e. The van der Waals surface area contributed by atoms with E-state index in [1.54, 1.807) is 13.8 Å². The number of alkyl carbamates (subject to hydrolysis) is 1. The minimum Gasteiger partial charge on any atom is -0.481 e. The Morgan fingerprint density at radius 1 is 1.03 bits per heavy atom. The number of amides is 2. The standard InChI is InChI=1S/C27H34N2O5/c1-4-9-18(16-24(30)28-15-14-27(2,3)25(31)32)29-26(33)34-17-23-21-12-7-5-10-19(21)20-11-6-8-13-22(20)23/h5-8,10-13,18,23H,4,9,14-17H2,1-3H3,(H,28,30)(H,29,33)(H,31,32). The number of nitrogens with one attached hydrogen (secondary N) is 2. The number of carbonyl (C=O) groups is 3. The molecule has 1 unspecified atom stereocenters. The second-order valence-corrected chi connectivity index (χ2v) is 9.45. The molecule has 0 saturated carbocycles. The van der Waals surface area contributed by atoms with Crippen molar-refractivity contribution in [1.82, 2.24) is 10.6 Å². The summed E-state index contributed by atoms with van der Waals surface area (Å²) in [5.41, 5.74) is 3.71. The van der Waals surface area contributed by atoms with Gasteiger partial charge in [0.05, 0.1) is 5.41 Å². The minimum absolute atomic E-state index is 0.0244. The smallest absolute Gasteiger partial charge is 0.407 e. The first-order valence-electron chi connectivity index (χ1n) is 11.8. The van der Waals surface area contributed by atoms with Crippen molar-refractivity contribution in [3.8, 4) is 11.1 Å². The number of aliphatic carboxylic acids is 1. The first-order valence-corrected chi connectivity index (χ1v) is 11.8. The lowest BCUT2D eigenvalue weighted by Crippen LogP contribution is -2.40. The zero-order valence-electron chi connectivity index (χ0n) is 20.1. The van der Waals surface area contributed by atoms with E-state index in [1.807, 2.05) is 31.2 Å². The van der Waals surface area contributed by atoms with Crippen LogP contribution in [0.5, 0.6) is 0 Å². The number of fused-ring (bicyclic) bond motifs is 3. The second kappa shape index (κ2) is 11.2. The monoisotopic (exact) mass is 466 g/mol. The fourth-order valence-corrected chi connectivity index (χ4v) is 4.30. The molecule has 2 amide bonds. The summed E-state index contributed by atoms with van der Waals surface area (Å²) in [5, 5.41) is 14.8. The summed E-state index contributed by atoms with van der Waals surface area (Å²) in [6.45, 7) is 5.72. The Bertz CT molecular complexity index is 988. The Morgan fingerprint density at radius 3 is 2.18 bits per heavy atom. The van der Waals surface area contributed by atoms with Gasteiger partial charge in [-0.1, -0.05) is 61.9 Å². The second-order valence-electron chi connectivity index (χ2n) is 9.45. The van der Waals surface area contributed by atoms with E-state index in [0.717, 1.165) is 17.5 Å². The average Bonchev–Trinajstić information content (AvgIpc) is 3.11. The third kappa shape index (κ3) is 6.16. The topological polar surface area (TPSA) is 105 Å². The maximum absolute atomic E-state index is 12.6. The Hall–Kier alpha value is -3.35. The van der Waals surface area contributed by atoms with E-state index in [-0.39, 0.29) is 37.4 Å². The number of hydrogen-bond donors (Lipinski definition) is 3. The number of hydrogen-bond acceptors (Lipinski definition) is 4. The molecule has 1 aliphatic rings. The molecule has 182 valence electrons. The van der Waals surface area contributed by atoms with E-state index < -0.39 is 17.5 Å². The molecule has 0 fully saturated rings. The van der Waals surface area contributed by atoms with Crippen molar-refractivity contribution in [2.24, 2.45) is 5.41 Å². The summed E-state index contributed by atoms with van der Waals surface area (Å²) < 4.78 is 5.60. The van der Waals surface area contributed by atoms with Crippen LogP contribution >= 0.6 is 0 Å². The van der Waals surface area contributed by atoms with Crippen molar-refractivity contribution < 1.29 is 24.2 Å². The molecular weight excluding hydrogens is 432 g/mol. The van der Waals surface area contributed by atoms with Gasteiger partial charge in [0, 0.05) is 24.9 Å². The number of carboxylic acids is 1. The van der Waals surface area contributed by atoms with Crippen LogP contribution in [0.4, 0.5) is 4.79 Å². The first kappa shape index (κ1) is 25.3. The third-order valence-electron chi connectivity index (χ3n) is 6.39. The van der Waals surface area contributed by atoms with Crippen LogP contribution in [-0.2, 0) is 14.3 Å². The lowest BCUT2D eigenvalue weighted by molar-refractivity contribution is -0.147. The maximum atomic E-state index is 12.6. The van der Waals surface area contributed by atoms with E-state index in [0.29, 0.717) is 12.8 Å². The van der Waals surface area contributed by atoms with Crippen molar-refractivity contribution in [2.75, 3.05) is 13.2 Å². The molecule has 1 atom stereocenters. The van der Waals surface area contributed by atoms with Crippen molar-refractivity contribution in [1.29, 1.82) is 0 Å². The Morgan fingerprint density at radius 2 is 1.62 bits per heavy atom. The highest BCUT2D eigenvalue weighted by Gasteiger charge is 2.29. The van der Waals surface area contributed by atoms with Crippen LogP contribution in [0.15, 0.2) is 48.5 Å². The molecule has 2 aromatic carbocycles. The summed E-state index contributed by atoms with van der Waals surface area (Å²) in [5.74, 6) is -1.15. The quantitative estimate of drug-likeness (QED) is 0.445. The summed E-state index contributed by atoms with van der Waals surface area (Å²) in [7, 11) is 0. The molecule has 3 rings (SSSR count). The molecule has 0 heterocycles. The fraction of sp³-hybridized carbons (Fsp3) is 0.444. The first-order chi connectivity index (χ1) is 16.2. The highest BCUT2D eigenvalue weighted by atomic mass is 16.5. The number of ether oxygens (including phenoxy) is 1. The van der Waals surface area contributed by atoms with Crippen LogP contribution in [0.1, 0.15) is 63.5 Å². The van der Waals surface area contributed by atoms with Crippen LogP contribution in [-0.4, -0.2) is 42.3 Å². The molecule has 0 saturated heterocycles. The molecule has 2 aromatic rings. The zero-order valence-corrected chi connectivity index (χ0v) is 20.1. The van der Waals surface area contributed by atoms with Gasteiger partial charge in [0.1, 0.15) is 6.61 Å². The zero-order chi connectivity index (χ0) is 24.7. The van der Waals surface area contributed by atoms with Gasteiger partial charge in [-0.3, -0.25) is 9.59 Å². The highest BCUT2D eigenvalue weighted by Crippen LogP contribution is 2.44. The summed E-state index contributed by atoms with van der Waals surface area (Å²) in [6, 6.07) is 15.9. The molecular formula is C27H34N2O5. The Labute approximate surface area is 200 Å². The Kier molecular flexibility index (Phi) is 8.31. The molecule has 0 radical (unpaired) electrons. The van der Waals surface area contributed by atoms with Gasteiger partial charge in [-0.25, -0.2) is 4.79 Å². The van der Waals surface area contributed by atoms with Crippen molar-refractivity contribution >= 4 is 18.0 Å². The third-order valence-corrected chi connectivity index (χ3v) is 6.39. The predicted octanol–water partition coefficient (Wildman–Crippen LogP) is 4.70. The van der Waals surface area contributed by atoms with Gasteiger partial charge >= 0.3 is 12.1 Å². The molecule has 7 nitrogen and oxygen atoms in total. The molecule has 3 N–H and O–H groups in total. The van der Waals surface area contributed by atoms with Gasteiger partial charge in [-0.05, 0) is 48.9 Å². The normalized spacial score (nSPS) is 13.5. The van der Waals surface area contributed by atoms with Crippen LogP contribution in [0, 0.1) is 5.41 Å². The number of carbonyl (C=O) groups excluding carboxylic acids is 2. The van der Waals surface area contributed by atoms with Gasteiger partial charge in [-0.2, -0.15) is 0 Å².